The molecule has 0 bridgehead atoms. The minimum Gasteiger partial charge on any atom is -0.465 e. The van der Waals surface area contributed by atoms with Gasteiger partial charge < -0.3 is 15.4 Å². The maximum absolute atomic E-state index is 13.1. The number of hydrogen-bond donors (Lipinski definition) is 2. The lowest BCUT2D eigenvalue weighted by Crippen LogP contribution is -2.51. The van der Waals surface area contributed by atoms with Gasteiger partial charge in [0.15, 0.2) is 0 Å². The summed E-state index contributed by atoms with van der Waals surface area (Å²) >= 11 is 0. The predicted octanol–water partition coefficient (Wildman–Crippen LogP) is 3.43. The zero-order valence-corrected chi connectivity index (χ0v) is 13.8. The van der Waals surface area contributed by atoms with Crippen molar-refractivity contribution in [3.8, 4) is 0 Å². The van der Waals surface area contributed by atoms with Crippen LogP contribution in [0.25, 0.3) is 0 Å². The monoisotopic (exact) mass is 334 g/mol. The Kier molecular flexibility index (Phi) is 6.35. The molecule has 1 aromatic rings. The fourth-order valence-electron chi connectivity index (χ4n) is 2.70. The molecule has 1 aliphatic rings. The van der Waals surface area contributed by atoms with Gasteiger partial charge in [0.2, 0.25) is 0 Å². The molecule has 0 unspecified atom stereocenters. The van der Waals surface area contributed by atoms with E-state index in [0.29, 0.717) is 12.2 Å². The number of amides is 2. The first kappa shape index (κ1) is 18.0. The normalized spacial score (nSPS) is 20.2. The first-order valence-corrected chi connectivity index (χ1v) is 8.21. The number of unbranched alkanes of at least 4 members (excludes halogenated alkanes) is 3. The van der Waals surface area contributed by atoms with Gasteiger partial charge in [-0.1, -0.05) is 44.9 Å². The summed E-state index contributed by atoms with van der Waals surface area (Å²) in [5.41, 5.74) is 0.909. The molecule has 1 aliphatic heterocycles. The highest BCUT2D eigenvalue weighted by molar-refractivity contribution is 5.85. The van der Waals surface area contributed by atoms with Gasteiger partial charge >= 0.3 is 12.0 Å². The van der Waals surface area contributed by atoms with E-state index in [1.54, 1.807) is 12.1 Å². The number of rotatable bonds is 7. The van der Waals surface area contributed by atoms with Gasteiger partial charge in [0.05, 0.1) is 12.6 Å². The molecule has 1 heterocycles. The maximum Gasteiger partial charge on any atom is 0.319 e. The Morgan fingerprint density at radius 2 is 1.96 bits per heavy atom. The van der Waals surface area contributed by atoms with Gasteiger partial charge in [-0.2, -0.15) is 0 Å². The second-order valence-corrected chi connectivity index (χ2v) is 5.86. The quantitative estimate of drug-likeness (QED) is 0.593. The fourth-order valence-corrected chi connectivity index (χ4v) is 2.70. The number of esters is 1. The van der Waals surface area contributed by atoms with Crippen molar-refractivity contribution in [3.63, 3.8) is 0 Å². The zero-order chi connectivity index (χ0) is 17.5. The first-order chi connectivity index (χ1) is 11.5. The summed E-state index contributed by atoms with van der Waals surface area (Å²) in [6.45, 7) is 6.22. The van der Waals surface area contributed by atoms with Crippen molar-refractivity contribution in [2.75, 3.05) is 6.61 Å². The van der Waals surface area contributed by atoms with Gasteiger partial charge in [-0.25, -0.2) is 9.18 Å². The molecule has 2 atom stereocenters. The summed E-state index contributed by atoms with van der Waals surface area (Å²) in [6, 6.07) is 4.59. The molecule has 5 nitrogen and oxygen atoms in total. The third-order valence-corrected chi connectivity index (χ3v) is 3.99. The Balaban J connectivity index is 2.07. The SMILES string of the molecule is C=C1NC(=O)N[C@H](c2ccc(F)cc2)[C@H]1C(=O)OCCCCCC. The molecule has 6 heteroatoms. The Morgan fingerprint density at radius 1 is 1.25 bits per heavy atom. The van der Waals surface area contributed by atoms with Crippen LogP contribution in [0, 0.1) is 11.7 Å². The van der Waals surface area contributed by atoms with Crippen molar-refractivity contribution >= 4 is 12.0 Å². The molecule has 24 heavy (non-hydrogen) atoms. The van der Waals surface area contributed by atoms with E-state index in [9.17, 15) is 14.0 Å². The van der Waals surface area contributed by atoms with Gasteiger partial charge in [0.25, 0.3) is 0 Å². The standard InChI is InChI=1S/C18H23FN2O3/c1-3-4-5-6-11-24-17(22)15-12(2)20-18(23)21-16(15)13-7-9-14(19)10-8-13/h7-10,15-16H,2-6,11H2,1H3,(H2,20,21,23)/t15-,16+/m0/s1. The van der Waals surface area contributed by atoms with E-state index in [-0.39, 0.29) is 11.5 Å². The zero-order valence-electron chi connectivity index (χ0n) is 13.8. The van der Waals surface area contributed by atoms with Crippen LogP contribution in [0.2, 0.25) is 0 Å². The van der Waals surface area contributed by atoms with Crippen molar-refractivity contribution in [1.29, 1.82) is 0 Å². The number of benzene rings is 1. The third kappa shape index (κ3) is 4.57. The summed E-state index contributed by atoms with van der Waals surface area (Å²) < 4.78 is 18.5. The highest BCUT2D eigenvalue weighted by Gasteiger charge is 2.38. The van der Waals surface area contributed by atoms with Gasteiger partial charge in [0.1, 0.15) is 11.7 Å². The smallest absolute Gasteiger partial charge is 0.319 e. The van der Waals surface area contributed by atoms with Gasteiger partial charge in [-0.15, -0.1) is 0 Å². The molecular formula is C18H23FN2O3. The van der Waals surface area contributed by atoms with Crippen LogP contribution in [0.1, 0.15) is 44.2 Å². The Morgan fingerprint density at radius 3 is 2.62 bits per heavy atom. The van der Waals surface area contributed by atoms with Crippen LogP contribution in [0.5, 0.6) is 0 Å². The van der Waals surface area contributed by atoms with Gasteiger partial charge in [-0.3, -0.25) is 4.79 Å². The average molecular weight is 334 g/mol. The van der Waals surface area contributed by atoms with Crippen molar-refractivity contribution < 1.29 is 18.7 Å². The number of halogens is 1. The molecule has 130 valence electrons. The van der Waals surface area contributed by atoms with Crippen LogP contribution in [-0.4, -0.2) is 18.6 Å². The summed E-state index contributed by atoms with van der Waals surface area (Å²) in [5, 5.41) is 5.20. The number of carbonyl (C=O) groups excluding carboxylic acids is 2. The number of ether oxygens (including phenoxy) is 1. The number of nitrogens with one attached hydrogen (secondary N) is 2. The number of carbonyl (C=O) groups is 2. The van der Waals surface area contributed by atoms with Crippen molar-refractivity contribution in [2.24, 2.45) is 5.92 Å². The van der Waals surface area contributed by atoms with Crippen molar-refractivity contribution in [3.05, 3.63) is 47.9 Å². The summed E-state index contributed by atoms with van der Waals surface area (Å²) in [7, 11) is 0. The maximum atomic E-state index is 13.1. The van der Waals surface area contributed by atoms with Crippen LogP contribution in [-0.2, 0) is 9.53 Å². The molecule has 0 radical (unpaired) electrons. The van der Waals surface area contributed by atoms with E-state index in [1.807, 2.05) is 0 Å². The van der Waals surface area contributed by atoms with Crippen LogP contribution in [0.15, 0.2) is 36.5 Å². The number of urea groups is 1. The molecule has 0 saturated carbocycles. The lowest BCUT2D eigenvalue weighted by molar-refractivity contribution is -0.148. The lowest BCUT2D eigenvalue weighted by atomic mass is 9.89. The van der Waals surface area contributed by atoms with Crippen LogP contribution in [0.4, 0.5) is 9.18 Å². The summed E-state index contributed by atoms with van der Waals surface area (Å²) in [5.74, 6) is -1.58. The average Bonchev–Trinajstić information content (AvgIpc) is 2.54. The molecule has 1 aromatic carbocycles. The molecule has 1 saturated heterocycles. The highest BCUT2D eigenvalue weighted by Crippen LogP contribution is 2.30. The molecule has 2 amide bonds. The van der Waals surface area contributed by atoms with E-state index in [4.69, 9.17) is 4.74 Å². The fraction of sp³-hybridized carbons (Fsp3) is 0.444. The lowest BCUT2D eigenvalue weighted by Gasteiger charge is -2.33. The summed E-state index contributed by atoms with van der Waals surface area (Å²) in [4.78, 5) is 24.2. The van der Waals surface area contributed by atoms with Gasteiger partial charge in [0, 0.05) is 5.70 Å². The number of hydrogen-bond acceptors (Lipinski definition) is 3. The molecule has 2 N–H and O–H groups in total. The highest BCUT2D eigenvalue weighted by atomic mass is 19.1. The third-order valence-electron chi connectivity index (χ3n) is 3.99. The Hall–Kier alpha value is -2.37. The minimum atomic E-state index is -0.751. The summed E-state index contributed by atoms with van der Waals surface area (Å²) in [6.07, 6.45) is 4.02. The molecule has 0 aromatic heterocycles. The topological polar surface area (TPSA) is 67.4 Å². The first-order valence-electron chi connectivity index (χ1n) is 8.21. The van der Waals surface area contributed by atoms with Crippen molar-refractivity contribution in [1.82, 2.24) is 10.6 Å². The minimum absolute atomic E-state index is 0.284. The van der Waals surface area contributed by atoms with E-state index in [1.165, 1.54) is 12.1 Å². The largest absolute Gasteiger partial charge is 0.465 e. The Bertz CT molecular complexity index is 601. The van der Waals surface area contributed by atoms with Crippen LogP contribution in [0.3, 0.4) is 0 Å². The van der Waals surface area contributed by atoms with Crippen LogP contribution >= 0.6 is 0 Å². The molecule has 1 fully saturated rings. The molecule has 0 spiro atoms. The van der Waals surface area contributed by atoms with Crippen LogP contribution < -0.4 is 10.6 Å². The second-order valence-electron chi connectivity index (χ2n) is 5.86. The van der Waals surface area contributed by atoms with E-state index >= 15 is 0 Å². The van der Waals surface area contributed by atoms with E-state index in [0.717, 1.165) is 25.7 Å². The molecular weight excluding hydrogens is 311 g/mol. The predicted molar refractivity (Wildman–Crippen MR) is 88.5 cm³/mol. The van der Waals surface area contributed by atoms with E-state index < -0.39 is 24.0 Å². The Labute approximate surface area is 141 Å². The van der Waals surface area contributed by atoms with Crippen molar-refractivity contribution in [2.45, 2.75) is 38.6 Å². The molecule has 0 aliphatic carbocycles. The molecule has 2 rings (SSSR count). The van der Waals surface area contributed by atoms with Gasteiger partial charge in [-0.05, 0) is 24.1 Å². The second kappa shape index (κ2) is 8.47. The van der Waals surface area contributed by atoms with E-state index in [2.05, 4.69) is 24.1 Å².